The second kappa shape index (κ2) is 8.01. The minimum Gasteiger partial charge on any atom is -0.480 e. The van der Waals surface area contributed by atoms with Crippen LogP contribution in [-0.2, 0) is 22.4 Å². The summed E-state index contributed by atoms with van der Waals surface area (Å²) in [6, 6.07) is 5.28. The van der Waals surface area contributed by atoms with E-state index in [1.54, 1.807) is 31.4 Å². The van der Waals surface area contributed by atoms with Crippen LogP contribution in [0, 0.1) is 11.7 Å². The third-order valence-electron chi connectivity index (χ3n) is 3.46. The molecule has 0 aliphatic heterocycles. The standard InChI is InChI=1S/C17H19FN2O3S/c1-10(2)16(17(22)23)20-14(21)8-13-9-24-15(19-13)7-11-3-5-12(18)6-4-11/h3-6,9-10,16H,7-8H2,1-2H3,(H,20,21)(H,22,23)/t16-/m0/s1. The van der Waals surface area contributed by atoms with Crippen molar-refractivity contribution < 1.29 is 19.1 Å². The lowest BCUT2D eigenvalue weighted by atomic mass is 10.0. The Morgan fingerprint density at radius 2 is 1.96 bits per heavy atom. The fraction of sp³-hybridized carbons (Fsp3) is 0.353. The Morgan fingerprint density at radius 1 is 1.29 bits per heavy atom. The van der Waals surface area contributed by atoms with E-state index in [2.05, 4.69) is 10.3 Å². The molecule has 1 aromatic carbocycles. The van der Waals surface area contributed by atoms with Crippen molar-refractivity contribution in [2.24, 2.45) is 5.92 Å². The van der Waals surface area contributed by atoms with Crippen LogP contribution >= 0.6 is 11.3 Å². The van der Waals surface area contributed by atoms with Gasteiger partial charge in [-0.05, 0) is 23.6 Å². The van der Waals surface area contributed by atoms with Gasteiger partial charge in [-0.3, -0.25) is 4.79 Å². The number of carboxylic acids is 1. The number of amides is 1. The van der Waals surface area contributed by atoms with Crippen LogP contribution in [0.4, 0.5) is 4.39 Å². The molecule has 24 heavy (non-hydrogen) atoms. The molecule has 2 N–H and O–H groups in total. The minimum atomic E-state index is -1.05. The number of carboxylic acid groups (broad SMARTS) is 1. The second-order valence-corrected chi connectivity index (χ2v) is 6.78. The van der Waals surface area contributed by atoms with Crippen LogP contribution in [0.2, 0.25) is 0 Å². The van der Waals surface area contributed by atoms with Crippen molar-refractivity contribution in [3.05, 3.63) is 51.7 Å². The molecule has 1 amide bonds. The van der Waals surface area contributed by atoms with Gasteiger partial charge < -0.3 is 10.4 Å². The first-order chi connectivity index (χ1) is 11.3. The fourth-order valence-corrected chi connectivity index (χ4v) is 3.02. The Labute approximate surface area is 143 Å². The largest absolute Gasteiger partial charge is 0.480 e. The number of benzene rings is 1. The normalized spacial score (nSPS) is 12.2. The molecule has 1 aromatic heterocycles. The summed E-state index contributed by atoms with van der Waals surface area (Å²) in [6.45, 7) is 3.48. The van der Waals surface area contributed by atoms with Gasteiger partial charge in [0, 0.05) is 11.8 Å². The zero-order valence-corrected chi connectivity index (χ0v) is 14.3. The Balaban J connectivity index is 1.94. The summed E-state index contributed by atoms with van der Waals surface area (Å²) in [5.41, 5.74) is 1.54. The van der Waals surface area contributed by atoms with Gasteiger partial charge >= 0.3 is 5.97 Å². The highest BCUT2D eigenvalue weighted by Gasteiger charge is 2.23. The molecule has 0 aliphatic rings. The van der Waals surface area contributed by atoms with E-state index in [0.29, 0.717) is 12.1 Å². The molecule has 0 radical (unpaired) electrons. The maximum atomic E-state index is 12.9. The fourth-order valence-electron chi connectivity index (χ4n) is 2.19. The van der Waals surface area contributed by atoms with Gasteiger partial charge in [-0.2, -0.15) is 0 Å². The average Bonchev–Trinajstić information content (AvgIpc) is 2.93. The van der Waals surface area contributed by atoms with E-state index in [-0.39, 0.29) is 24.1 Å². The molecule has 0 aliphatic carbocycles. The van der Waals surface area contributed by atoms with Gasteiger partial charge in [-0.25, -0.2) is 14.2 Å². The summed E-state index contributed by atoms with van der Waals surface area (Å²) >= 11 is 1.42. The van der Waals surface area contributed by atoms with Gasteiger partial charge in [0.25, 0.3) is 0 Å². The third-order valence-corrected chi connectivity index (χ3v) is 4.36. The second-order valence-electron chi connectivity index (χ2n) is 5.84. The summed E-state index contributed by atoms with van der Waals surface area (Å²) in [5.74, 6) is -1.90. The molecule has 0 saturated carbocycles. The maximum Gasteiger partial charge on any atom is 0.326 e. The molecule has 128 valence electrons. The number of aliphatic carboxylic acids is 1. The van der Waals surface area contributed by atoms with Gasteiger partial charge in [0.2, 0.25) is 5.91 Å². The molecule has 0 spiro atoms. The summed E-state index contributed by atoms with van der Waals surface area (Å²) in [6.07, 6.45) is 0.604. The average molecular weight is 350 g/mol. The zero-order chi connectivity index (χ0) is 17.7. The SMILES string of the molecule is CC(C)[C@H](NC(=O)Cc1csc(Cc2ccc(F)cc2)n1)C(=O)O. The lowest BCUT2D eigenvalue weighted by molar-refractivity contribution is -0.143. The highest BCUT2D eigenvalue weighted by molar-refractivity contribution is 7.09. The van der Waals surface area contributed by atoms with E-state index >= 15 is 0 Å². The van der Waals surface area contributed by atoms with Crippen molar-refractivity contribution in [2.45, 2.75) is 32.7 Å². The number of carbonyl (C=O) groups excluding carboxylic acids is 1. The maximum absolute atomic E-state index is 12.9. The molecular formula is C17H19FN2O3S. The number of nitrogens with zero attached hydrogens (tertiary/aromatic N) is 1. The molecule has 2 aromatic rings. The number of rotatable bonds is 7. The number of hydrogen-bond acceptors (Lipinski definition) is 4. The number of nitrogens with one attached hydrogen (secondary N) is 1. The highest BCUT2D eigenvalue weighted by Crippen LogP contribution is 2.16. The summed E-state index contributed by atoms with van der Waals surface area (Å²) in [7, 11) is 0. The van der Waals surface area contributed by atoms with Gasteiger partial charge in [0.05, 0.1) is 17.1 Å². The minimum absolute atomic E-state index is 0.0381. The van der Waals surface area contributed by atoms with E-state index in [9.17, 15) is 14.0 Å². The van der Waals surface area contributed by atoms with E-state index in [4.69, 9.17) is 5.11 Å². The van der Waals surface area contributed by atoms with Crippen LogP contribution in [0.15, 0.2) is 29.6 Å². The molecule has 7 heteroatoms. The van der Waals surface area contributed by atoms with Crippen molar-refractivity contribution in [3.63, 3.8) is 0 Å². The summed E-state index contributed by atoms with van der Waals surface area (Å²) in [5, 5.41) is 14.2. The van der Waals surface area contributed by atoms with Crippen molar-refractivity contribution in [1.82, 2.24) is 10.3 Å². The van der Waals surface area contributed by atoms with Gasteiger partial charge in [-0.15, -0.1) is 11.3 Å². The van der Waals surface area contributed by atoms with E-state index < -0.39 is 12.0 Å². The molecule has 0 unspecified atom stereocenters. The van der Waals surface area contributed by atoms with Crippen LogP contribution < -0.4 is 5.32 Å². The van der Waals surface area contributed by atoms with Crippen LogP contribution in [0.5, 0.6) is 0 Å². The van der Waals surface area contributed by atoms with Gasteiger partial charge in [-0.1, -0.05) is 26.0 Å². The molecule has 0 bridgehead atoms. The molecular weight excluding hydrogens is 331 g/mol. The number of halogens is 1. The molecule has 1 atom stereocenters. The van der Waals surface area contributed by atoms with Crippen LogP contribution in [-0.4, -0.2) is 28.0 Å². The monoisotopic (exact) mass is 350 g/mol. The smallest absolute Gasteiger partial charge is 0.326 e. The molecule has 2 rings (SSSR count). The predicted molar refractivity (Wildman–Crippen MR) is 89.4 cm³/mol. The van der Waals surface area contributed by atoms with Gasteiger partial charge in [0.15, 0.2) is 0 Å². The first-order valence-corrected chi connectivity index (χ1v) is 8.43. The van der Waals surface area contributed by atoms with Crippen molar-refractivity contribution in [3.8, 4) is 0 Å². The van der Waals surface area contributed by atoms with Crippen LogP contribution in [0.25, 0.3) is 0 Å². The molecule has 5 nitrogen and oxygen atoms in total. The number of hydrogen-bond donors (Lipinski definition) is 2. The quantitative estimate of drug-likeness (QED) is 0.805. The molecule has 0 saturated heterocycles. The van der Waals surface area contributed by atoms with Gasteiger partial charge in [0.1, 0.15) is 11.9 Å². The third kappa shape index (κ3) is 5.13. The lowest BCUT2D eigenvalue weighted by Gasteiger charge is -2.17. The number of thiazole rings is 1. The Bertz CT molecular complexity index is 713. The Morgan fingerprint density at radius 3 is 2.54 bits per heavy atom. The van der Waals surface area contributed by atoms with Crippen molar-refractivity contribution >= 4 is 23.2 Å². The van der Waals surface area contributed by atoms with Crippen LogP contribution in [0.1, 0.15) is 30.1 Å². The van der Waals surface area contributed by atoms with E-state index in [1.165, 1.54) is 23.5 Å². The van der Waals surface area contributed by atoms with Crippen molar-refractivity contribution in [1.29, 1.82) is 0 Å². The highest BCUT2D eigenvalue weighted by atomic mass is 32.1. The van der Waals surface area contributed by atoms with Crippen LogP contribution in [0.3, 0.4) is 0 Å². The molecule has 1 heterocycles. The zero-order valence-electron chi connectivity index (χ0n) is 13.5. The number of aromatic nitrogens is 1. The predicted octanol–water partition coefficient (Wildman–Crippen LogP) is 2.64. The number of carbonyl (C=O) groups is 2. The molecule has 0 fully saturated rings. The Kier molecular flexibility index (Phi) is 6.03. The summed E-state index contributed by atoms with van der Waals surface area (Å²) < 4.78 is 12.9. The topological polar surface area (TPSA) is 79.3 Å². The van der Waals surface area contributed by atoms with E-state index in [0.717, 1.165) is 10.6 Å². The summed E-state index contributed by atoms with van der Waals surface area (Å²) in [4.78, 5) is 27.5. The van der Waals surface area contributed by atoms with Crippen molar-refractivity contribution in [2.75, 3.05) is 0 Å². The first kappa shape index (κ1) is 18.1. The lowest BCUT2D eigenvalue weighted by Crippen LogP contribution is -2.44. The van der Waals surface area contributed by atoms with E-state index in [1.807, 2.05) is 0 Å². The Hall–Kier alpha value is -2.28. The first-order valence-electron chi connectivity index (χ1n) is 7.55.